The maximum atomic E-state index is 12.0. The standard InChI is InChI=1S/C13H17NO2/c1-14-12-7-3-2-5-10(12)9-11(13(14)16)6-4-8-15/h2-3,5,7,11,15H,4,6,8-9H2,1H3/t11-/m0/s1. The molecule has 2 rings (SSSR count). The first-order valence-electron chi connectivity index (χ1n) is 5.70. The first-order chi connectivity index (χ1) is 7.74. The third-order valence-electron chi connectivity index (χ3n) is 3.21. The number of anilines is 1. The maximum Gasteiger partial charge on any atom is 0.230 e. The molecule has 0 unspecified atom stereocenters. The fourth-order valence-corrected chi connectivity index (χ4v) is 2.32. The van der Waals surface area contributed by atoms with E-state index in [-0.39, 0.29) is 18.4 Å². The first-order valence-corrected chi connectivity index (χ1v) is 5.70. The van der Waals surface area contributed by atoms with E-state index in [1.807, 2.05) is 25.2 Å². The number of hydrogen-bond acceptors (Lipinski definition) is 2. The molecule has 1 aliphatic heterocycles. The lowest BCUT2D eigenvalue weighted by Gasteiger charge is -2.31. The van der Waals surface area contributed by atoms with E-state index in [0.717, 1.165) is 18.5 Å². The van der Waals surface area contributed by atoms with Crippen molar-refractivity contribution >= 4 is 11.6 Å². The number of amides is 1. The van der Waals surface area contributed by atoms with Crippen LogP contribution in [0.3, 0.4) is 0 Å². The number of carbonyl (C=O) groups is 1. The lowest BCUT2D eigenvalue weighted by Crippen LogP contribution is -2.38. The zero-order valence-electron chi connectivity index (χ0n) is 9.52. The molecule has 86 valence electrons. The summed E-state index contributed by atoms with van der Waals surface area (Å²) in [6.45, 7) is 0.162. The Labute approximate surface area is 95.7 Å². The number of fused-ring (bicyclic) bond motifs is 1. The van der Waals surface area contributed by atoms with Crippen LogP contribution in [0.1, 0.15) is 18.4 Å². The molecule has 0 saturated heterocycles. The van der Waals surface area contributed by atoms with E-state index in [1.54, 1.807) is 4.90 Å². The smallest absolute Gasteiger partial charge is 0.230 e. The molecule has 1 heterocycles. The molecular formula is C13H17NO2. The molecule has 1 aromatic rings. The number of benzene rings is 1. The molecule has 3 heteroatoms. The minimum absolute atomic E-state index is 0.0343. The largest absolute Gasteiger partial charge is 0.396 e. The van der Waals surface area contributed by atoms with Gasteiger partial charge in [-0.15, -0.1) is 0 Å². The Morgan fingerprint density at radius 2 is 2.19 bits per heavy atom. The summed E-state index contributed by atoms with van der Waals surface area (Å²) in [7, 11) is 1.83. The van der Waals surface area contributed by atoms with Gasteiger partial charge in [-0.2, -0.15) is 0 Å². The van der Waals surface area contributed by atoms with Gasteiger partial charge >= 0.3 is 0 Å². The molecule has 0 aliphatic carbocycles. The second-order valence-corrected chi connectivity index (χ2v) is 4.29. The Balaban J connectivity index is 2.21. The third-order valence-corrected chi connectivity index (χ3v) is 3.21. The quantitative estimate of drug-likeness (QED) is 0.838. The lowest BCUT2D eigenvalue weighted by atomic mass is 9.89. The minimum atomic E-state index is 0.0343. The molecule has 16 heavy (non-hydrogen) atoms. The van der Waals surface area contributed by atoms with E-state index in [0.29, 0.717) is 6.42 Å². The highest BCUT2D eigenvalue weighted by Crippen LogP contribution is 2.30. The molecule has 0 spiro atoms. The molecule has 0 bridgehead atoms. The number of carbonyl (C=O) groups excluding carboxylic acids is 1. The van der Waals surface area contributed by atoms with Crippen molar-refractivity contribution in [3.63, 3.8) is 0 Å². The van der Waals surface area contributed by atoms with Crippen LogP contribution >= 0.6 is 0 Å². The van der Waals surface area contributed by atoms with Gasteiger partial charge in [0.2, 0.25) is 5.91 Å². The molecule has 0 saturated carbocycles. The minimum Gasteiger partial charge on any atom is -0.396 e. The monoisotopic (exact) mass is 219 g/mol. The molecule has 1 atom stereocenters. The first kappa shape index (κ1) is 11.1. The fraction of sp³-hybridized carbons (Fsp3) is 0.462. The van der Waals surface area contributed by atoms with Gasteiger partial charge in [0.15, 0.2) is 0 Å². The predicted molar refractivity (Wildman–Crippen MR) is 63.4 cm³/mol. The highest BCUT2D eigenvalue weighted by atomic mass is 16.3. The molecule has 1 aromatic carbocycles. The van der Waals surface area contributed by atoms with Gasteiger partial charge in [0, 0.05) is 25.3 Å². The normalized spacial score (nSPS) is 19.8. The number of hydrogen-bond donors (Lipinski definition) is 1. The van der Waals surface area contributed by atoms with Crippen LogP contribution in [0.5, 0.6) is 0 Å². The highest BCUT2D eigenvalue weighted by molar-refractivity contribution is 5.97. The average molecular weight is 219 g/mol. The second-order valence-electron chi connectivity index (χ2n) is 4.29. The Morgan fingerprint density at radius 3 is 2.94 bits per heavy atom. The van der Waals surface area contributed by atoms with E-state index in [4.69, 9.17) is 5.11 Å². The number of aliphatic hydroxyl groups is 1. The van der Waals surface area contributed by atoms with Gasteiger partial charge in [-0.25, -0.2) is 0 Å². The van der Waals surface area contributed by atoms with E-state index in [9.17, 15) is 4.79 Å². The van der Waals surface area contributed by atoms with Crippen molar-refractivity contribution in [3.05, 3.63) is 29.8 Å². The Morgan fingerprint density at radius 1 is 1.44 bits per heavy atom. The van der Waals surface area contributed by atoms with Gasteiger partial charge in [-0.05, 0) is 30.9 Å². The summed E-state index contributed by atoms with van der Waals surface area (Å²) in [5, 5.41) is 8.82. The van der Waals surface area contributed by atoms with E-state index >= 15 is 0 Å². The molecular weight excluding hydrogens is 202 g/mol. The van der Waals surface area contributed by atoms with Crippen LogP contribution in [0.2, 0.25) is 0 Å². The van der Waals surface area contributed by atoms with Gasteiger partial charge in [0.05, 0.1) is 0 Å². The Kier molecular flexibility index (Phi) is 3.25. The number of para-hydroxylation sites is 1. The second kappa shape index (κ2) is 4.66. The van der Waals surface area contributed by atoms with E-state index in [2.05, 4.69) is 6.07 Å². The summed E-state index contributed by atoms with van der Waals surface area (Å²) >= 11 is 0. The molecule has 1 amide bonds. The summed E-state index contributed by atoms with van der Waals surface area (Å²) in [6.07, 6.45) is 2.28. The Bertz CT molecular complexity index is 389. The summed E-state index contributed by atoms with van der Waals surface area (Å²) < 4.78 is 0. The summed E-state index contributed by atoms with van der Waals surface area (Å²) in [5.41, 5.74) is 2.25. The van der Waals surface area contributed by atoms with Crippen molar-refractivity contribution in [2.45, 2.75) is 19.3 Å². The lowest BCUT2D eigenvalue weighted by molar-refractivity contribution is -0.122. The number of rotatable bonds is 3. The van der Waals surface area contributed by atoms with Crippen LogP contribution in [0, 0.1) is 5.92 Å². The predicted octanol–water partition coefficient (Wildman–Crippen LogP) is 1.59. The zero-order valence-corrected chi connectivity index (χ0v) is 9.52. The van der Waals surface area contributed by atoms with E-state index in [1.165, 1.54) is 5.56 Å². The molecule has 1 N–H and O–H groups in total. The zero-order chi connectivity index (χ0) is 11.5. The fourth-order valence-electron chi connectivity index (χ4n) is 2.32. The van der Waals surface area contributed by atoms with Crippen LogP contribution < -0.4 is 4.90 Å². The molecule has 0 aromatic heterocycles. The summed E-state index contributed by atoms with van der Waals surface area (Å²) in [5.74, 6) is 0.208. The van der Waals surface area contributed by atoms with Crippen LogP contribution in [-0.4, -0.2) is 24.7 Å². The summed E-state index contributed by atoms with van der Waals surface area (Å²) in [6, 6.07) is 8.02. The van der Waals surface area contributed by atoms with Crippen molar-refractivity contribution in [2.75, 3.05) is 18.6 Å². The third kappa shape index (κ3) is 1.95. The van der Waals surface area contributed by atoms with Crippen molar-refractivity contribution in [3.8, 4) is 0 Å². The van der Waals surface area contributed by atoms with E-state index < -0.39 is 0 Å². The van der Waals surface area contributed by atoms with Gasteiger partial charge in [-0.1, -0.05) is 18.2 Å². The van der Waals surface area contributed by atoms with Crippen LogP contribution in [-0.2, 0) is 11.2 Å². The van der Waals surface area contributed by atoms with Gasteiger partial charge in [0.1, 0.15) is 0 Å². The highest BCUT2D eigenvalue weighted by Gasteiger charge is 2.29. The van der Waals surface area contributed by atoms with Crippen molar-refractivity contribution in [1.82, 2.24) is 0 Å². The number of aliphatic hydroxyl groups excluding tert-OH is 1. The molecule has 1 aliphatic rings. The Hall–Kier alpha value is -1.35. The van der Waals surface area contributed by atoms with Crippen molar-refractivity contribution in [2.24, 2.45) is 5.92 Å². The summed E-state index contributed by atoms with van der Waals surface area (Å²) in [4.78, 5) is 13.8. The van der Waals surface area contributed by atoms with Crippen LogP contribution in [0.4, 0.5) is 5.69 Å². The van der Waals surface area contributed by atoms with Gasteiger partial charge in [0.25, 0.3) is 0 Å². The topological polar surface area (TPSA) is 40.5 Å². The van der Waals surface area contributed by atoms with Crippen LogP contribution in [0.15, 0.2) is 24.3 Å². The molecule has 0 radical (unpaired) electrons. The van der Waals surface area contributed by atoms with Crippen LogP contribution in [0.25, 0.3) is 0 Å². The van der Waals surface area contributed by atoms with Gasteiger partial charge < -0.3 is 10.0 Å². The maximum absolute atomic E-state index is 12.0. The van der Waals surface area contributed by atoms with Gasteiger partial charge in [-0.3, -0.25) is 4.79 Å². The SMILES string of the molecule is CN1C(=O)[C@@H](CCCO)Cc2ccccc21. The molecule has 0 fully saturated rings. The number of nitrogens with zero attached hydrogens (tertiary/aromatic N) is 1. The van der Waals surface area contributed by atoms with Crippen molar-refractivity contribution in [1.29, 1.82) is 0 Å². The van der Waals surface area contributed by atoms with Crippen molar-refractivity contribution < 1.29 is 9.90 Å². The average Bonchev–Trinajstić information content (AvgIpc) is 2.32. The molecule has 3 nitrogen and oxygen atoms in total.